The first-order valence-corrected chi connectivity index (χ1v) is 8.04. The number of carbonyl (C=O) groups is 1. The Morgan fingerprint density at radius 1 is 1.35 bits per heavy atom. The first-order chi connectivity index (χ1) is 10.9. The molecule has 1 atom stereocenters. The summed E-state index contributed by atoms with van der Waals surface area (Å²) in [6.07, 6.45) is -2.55. The fourth-order valence-corrected chi connectivity index (χ4v) is 3.61. The van der Waals surface area contributed by atoms with Gasteiger partial charge in [-0.15, -0.1) is 11.8 Å². The molecule has 2 heterocycles. The Kier molecular flexibility index (Phi) is 4.34. The van der Waals surface area contributed by atoms with E-state index in [9.17, 15) is 18.0 Å². The molecule has 3 rings (SSSR count). The van der Waals surface area contributed by atoms with E-state index in [0.29, 0.717) is 0 Å². The first kappa shape index (κ1) is 15.9. The Balaban J connectivity index is 1.65. The molecule has 0 bridgehead atoms. The number of hydrogen-bond donors (Lipinski definition) is 1. The normalized spacial score (nSPS) is 17.6. The van der Waals surface area contributed by atoms with Crippen LogP contribution in [-0.4, -0.2) is 21.4 Å². The molecule has 0 fully saturated rings. The summed E-state index contributed by atoms with van der Waals surface area (Å²) in [5.74, 6) is 0.538. The summed E-state index contributed by atoms with van der Waals surface area (Å²) in [5.41, 5.74) is 0.0539. The molecule has 1 aromatic carbocycles. The lowest BCUT2D eigenvalue weighted by Gasteiger charge is -2.25. The van der Waals surface area contributed by atoms with Crippen LogP contribution in [0.15, 0.2) is 41.4 Å². The van der Waals surface area contributed by atoms with Crippen molar-refractivity contribution in [2.45, 2.75) is 30.1 Å². The molecule has 0 saturated heterocycles. The summed E-state index contributed by atoms with van der Waals surface area (Å²) in [5, 5.41) is 6.26. The van der Waals surface area contributed by atoms with Gasteiger partial charge in [0.25, 0.3) is 0 Å². The van der Waals surface area contributed by atoms with E-state index in [0.717, 1.165) is 39.6 Å². The number of rotatable bonds is 3. The highest BCUT2D eigenvalue weighted by molar-refractivity contribution is 7.99. The maximum absolute atomic E-state index is 12.5. The summed E-state index contributed by atoms with van der Waals surface area (Å²) in [4.78, 5) is 13.2. The second-order valence-corrected chi connectivity index (χ2v) is 6.33. The van der Waals surface area contributed by atoms with E-state index in [2.05, 4.69) is 10.4 Å². The van der Waals surface area contributed by atoms with E-state index in [1.807, 2.05) is 24.3 Å². The fraction of sp³-hybridized carbons (Fsp3) is 0.333. The number of thioether (sulfide) groups is 1. The lowest BCUT2D eigenvalue weighted by Crippen LogP contribution is -2.33. The van der Waals surface area contributed by atoms with Crippen LogP contribution in [0.1, 0.15) is 23.7 Å². The standard InChI is InChI=1S/C15H14F3N3OS/c16-15(17,18)13-5-7-21(20-13)9-14(22)19-11-6-8-23-12-4-2-1-3-10(11)12/h1-5,7,11H,6,8-9H2,(H,19,22)/t11-/m1/s1. The van der Waals surface area contributed by atoms with Gasteiger partial charge in [0.1, 0.15) is 6.54 Å². The number of alkyl halides is 3. The third-order valence-electron chi connectivity index (χ3n) is 3.53. The molecule has 23 heavy (non-hydrogen) atoms. The van der Waals surface area contributed by atoms with Crippen LogP contribution < -0.4 is 5.32 Å². The summed E-state index contributed by atoms with van der Waals surface area (Å²) < 4.78 is 38.5. The van der Waals surface area contributed by atoms with Gasteiger partial charge in [-0.1, -0.05) is 18.2 Å². The van der Waals surface area contributed by atoms with Crippen molar-refractivity contribution >= 4 is 17.7 Å². The Labute approximate surface area is 135 Å². The van der Waals surface area contributed by atoms with Crippen molar-refractivity contribution < 1.29 is 18.0 Å². The topological polar surface area (TPSA) is 46.9 Å². The van der Waals surface area contributed by atoms with Gasteiger partial charge in [-0.25, -0.2) is 0 Å². The SMILES string of the molecule is O=C(Cn1ccc(C(F)(F)F)n1)N[C@@H]1CCSc2ccccc21. The zero-order valence-electron chi connectivity index (χ0n) is 12.0. The van der Waals surface area contributed by atoms with Gasteiger partial charge in [-0.3, -0.25) is 9.48 Å². The fourth-order valence-electron chi connectivity index (χ4n) is 2.48. The molecule has 0 spiro atoms. The van der Waals surface area contributed by atoms with Crippen LogP contribution in [0, 0.1) is 0 Å². The van der Waals surface area contributed by atoms with Crippen LogP contribution in [0.3, 0.4) is 0 Å². The second-order valence-electron chi connectivity index (χ2n) is 5.19. The highest BCUT2D eigenvalue weighted by Crippen LogP contribution is 2.35. The lowest BCUT2D eigenvalue weighted by molar-refractivity contribution is -0.141. The van der Waals surface area contributed by atoms with Gasteiger partial charge in [0.2, 0.25) is 5.91 Å². The number of halogens is 3. The van der Waals surface area contributed by atoms with Crippen molar-refractivity contribution in [2.75, 3.05) is 5.75 Å². The van der Waals surface area contributed by atoms with Gasteiger partial charge in [0.05, 0.1) is 6.04 Å². The van der Waals surface area contributed by atoms with Crippen molar-refractivity contribution in [3.63, 3.8) is 0 Å². The molecule has 1 amide bonds. The molecule has 1 aliphatic heterocycles. The minimum Gasteiger partial charge on any atom is -0.348 e. The predicted octanol–water partition coefficient (Wildman–Crippen LogP) is 3.26. The molecular weight excluding hydrogens is 327 g/mol. The van der Waals surface area contributed by atoms with Gasteiger partial charge >= 0.3 is 6.18 Å². The van der Waals surface area contributed by atoms with E-state index in [1.165, 1.54) is 0 Å². The maximum atomic E-state index is 12.5. The van der Waals surface area contributed by atoms with E-state index >= 15 is 0 Å². The molecule has 1 aromatic heterocycles. The van der Waals surface area contributed by atoms with Crippen LogP contribution in [0.25, 0.3) is 0 Å². The summed E-state index contributed by atoms with van der Waals surface area (Å²) >= 11 is 1.74. The Hall–Kier alpha value is -1.96. The zero-order valence-corrected chi connectivity index (χ0v) is 12.8. The maximum Gasteiger partial charge on any atom is 0.435 e. The molecule has 4 nitrogen and oxygen atoms in total. The Morgan fingerprint density at radius 2 is 2.13 bits per heavy atom. The third-order valence-corrected chi connectivity index (χ3v) is 4.65. The third kappa shape index (κ3) is 3.69. The van der Waals surface area contributed by atoms with Crippen molar-refractivity contribution in [3.8, 4) is 0 Å². The van der Waals surface area contributed by atoms with Crippen molar-refractivity contribution in [2.24, 2.45) is 0 Å². The van der Waals surface area contributed by atoms with E-state index < -0.39 is 11.9 Å². The summed E-state index contributed by atoms with van der Waals surface area (Å²) in [6.45, 7) is -0.234. The molecule has 1 N–H and O–H groups in total. The number of carbonyl (C=O) groups excluding carboxylic acids is 1. The molecule has 8 heteroatoms. The average Bonchev–Trinajstić information content (AvgIpc) is 2.96. The number of nitrogens with zero attached hydrogens (tertiary/aromatic N) is 2. The Morgan fingerprint density at radius 3 is 2.87 bits per heavy atom. The average molecular weight is 341 g/mol. The number of fused-ring (bicyclic) bond motifs is 1. The van der Waals surface area contributed by atoms with Crippen LogP contribution >= 0.6 is 11.8 Å². The molecule has 122 valence electrons. The second kappa shape index (κ2) is 6.27. The molecule has 0 saturated carbocycles. The Bertz CT molecular complexity index is 714. The van der Waals surface area contributed by atoms with Gasteiger partial charge < -0.3 is 5.32 Å². The highest BCUT2D eigenvalue weighted by atomic mass is 32.2. The quantitative estimate of drug-likeness (QED) is 0.932. The van der Waals surface area contributed by atoms with Crippen LogP contribution in [0.5, 0.6) is 0 Å². The van der Waals surface area contributed by atoms with Gasteiger partial charge in [-0.05, 0) is 24.1 Å². The van der Waals surface area contributed by atoms with E-state index in [1.54, 1.807) is 11.8 Å². The summed E-state index contributed by atoms with van der Waals surface area (Å²) in [7, 11) is 0. The monoisotopic (exact) mass is 341 g/mol. The van der Waals surface area contributed by atoms with Gasteiger partial charge in [-0.2, -0.15) is 18.3 Å². The van der Waals surface area contributed by atoms with Gasteiger partial charge in [0.15, 0.2) is 5.69 Å². The zero-order chi connectivity index (χ0) is 16.4. The smallest absolute Gasteiger partial charge is 0.348 e. The van der Waals surface area contributed by atoms with Crippen molar-refractivity contribution in [3.05, 3.63) is 47.8 Å². The molecule has 2 aromatic rings. The minimum atomic E-state index is -4.50. The van der Waals surface area contributed by atoms with Gasteiger partial charge in [0, 0.05) is 16.8 Å². The van der Waals surface area contributed by atoms with E-state index in [-0.39, 0.29) is 18.5 Å². The van der Waals surface area contributed by atoms with Crippen molar-refractivity contribution in [1.29, 1.82) is 0 Å². The largest absolute Gasteiger partial charge is 0.435 e. The molecule has 0 radical (unpaired) electrons. The number of nitrogens with one attached hydrogen (secondary N) is 1. The number of benzene rings is 1. The number of aromatic nitrogens is 2. The van der Waals surface area contributed by atoms with Crippen molar-refractivity contribution in [1.82, 2.24) is 15.1 Å². The molecule has 0 unspecified atom stereocenters. The number of hydrogen-bond acceptors (Lipinski definition) is 3. The first-order valence-electron chi connectivity index (χ1n) is 7.05. The van der Waals surface area contributed by atoms with Crippen LogP contribution in [-0.2, 0) is 17.5 Å². The highest BCUT2D eigenvalue weighted by Gasteiger charge is 2.33. The lowest BCUT2D eigenvalue weighted by atomic mass is 10.0. The van der Waals surface area contributed by atoms with E-state index in [4.69, 9.17) is 0 Å². The molecule has 1 aliphatic rings. The summed E-state index contributed by atoms with van der Waals surface area (Å²) in [6, 6.07) is 8.56. The number of amides is 1. The molecular formula is C15H14F3N3OS. The predicted molar refractivity (Wildman–Crippen MR) is 79.9 cm³/mol. The minimum absolute atomic E-state index is 0.113. The molecule has 0 aliphatic carbocycles. The van der Waals surface area contributed by atoms with Crippen LogP contribution in [0.2, 0.25) is 0 Å². The van der Waals surface area contributed by atoms with Crippen LogP contribution in [0.4, 0.5) is 13.2 Å².